The number of benzene rings is 3. The third-order valence-corrected chi connectivity index (χ3v) is 5.78. The maximum absolute atomic E-state index is 13.2. The number of hydrogen-bond acceptors (Lipinski definition) is 2. The van der Waals surface area contributed by atoms with E-state index in [0.717, 1.165) is 5.56 Å². The quantitative estimate of drug-likeness (QED) is 0.574. The molecule has 0 saturated heterocycles. The van der Waals surface area contributed by atoms with Gasteiger partial charge in [0.15, 0.2) is 0 Å². The minimum atomic E-state index is -4.02. The van der Waals surface area contributed by atoms with E-state index < -0.39 is 22.4 Å². The van der Waals surface area contributed by atoms with Crippen LogP contribution < -0.4 is 4.72 Å². The van der Waals surface area contributed by atoms with E-state index >= 15 is 0 Å². The summed E-state index contributed by atoms with van der Waals surface area (Å²) in [4.78, 5) is 0.0580. The topological polar surface area (TPSA) is 46.2 Å². The van der Waals surface area contributed by atoms with Crippen molar-refractivity contribution in [3.8, 4) is 0 Å². The van der Waals surface area contributed by atoms with Crippen molar-refractivity contribution in [2.75, 3.05) is 0 Å². The van der Waals surface area contributed by atoms with E-state index in [1.165, 1.54) is 19.1 Å². The van der Waals surface area contributed by atoms with Gasteiger partial charge in [0.2, 0.25) is 10.0 Å². The van der Waals surface area contributed by atoms with Gasteiger partial charge in [-0.25, -0.2) is 13.1 Å². The number of hydrogen-bond donors (Lipinski definition) is 1. The maximum Gasteiger partial charge on any atom is 0.241 e. The first-order valence-electron chi connectivity index (χ1n) is 10.5. The van der Waals surface area contributed by atoms with E-state index in [2.05, 4.69) is 4.72 Å². The fourth-order valence-corrected chi connectivity index (χ4v) is 3.95. The largest absolute Gasteiger partial charge is 0.241 e. The molecule has 1 unspecified atom stereocenters. The zero-order valence-electron chi connectivity index (χ0n) is 18.9. The Labute approximate surface area is 172 Å². The first kappa shape index (κ1) is 16.3. The molecule has 1 N–H and O–H groups in total. The molecular weight excluding hydrogens is 366 g/mol. The lowest BCUT2D eigenvalue weighted by atomic mass is 9.95. The summed E-state index contributed by atoms with van der Waals surface area (Å²) >= 11 is 0. The predicted octanol–water partition coefficient (Wildman–Crippen LogP) is 5.51. The number of allylic oxidation sites excluding steroid dienone is 1. The van der Waals surface area contributed by atoms with Crippen molar-refractivity contribution in [2.45, 2.75) is 31.2 Å². The van der Waals surface area contributed by atoms with E-state index in [0.29, 0.717) is 11.1 Å². The maximum atomic E-state index is 13.2. The average molecular weight is 395 g/mol. The van der Waals surface area contributed by atoms with Gasteiger partial charge in [0.05, 0.1) is 12.3 Å². The van der Waals surface area contributed by atoms with Gasteiger partial charge in [-0.2, -0.15) is 0 Å². The molecule has 3 aromatic rings. The van der Waals surface area contributed by atoms with Gasteiger partial charge < -0.3 is 0 Å². The molecule has 1 atom stereocenters. The summed E-state index contributed by atoms with van der Waals surface area (Å²) in [5, 5.41) is 0. The summed E-state index contributed by atoms with van der Waals surface area (Å²) in [5.41, 5.74) is 2.06. The molecule has 3 aromatic carbocycles. The van der Waals surface area contributed by atoms with Crippen LogP contribution in [-0.4, -0.2) is 8.42 Å². The number of sulfonamides is 1. The van der Waals surface area contributed by atoms with Crippen LogP contribution >= 0.6 is 0 Å². The molecule has 0 aliphatic carbocycles. The van der Waals surface area contributed by atoms with Crippen LogP contribution in [0.4, 0.5) is 0 Å². The molecule has 0 aliphatic rings. The Balaban J connectivity index is 2.13. The molecule has 144 valence electrons. The average Bonchev–Trinajstić information content (AvgIpc) is 2.73. The smallest absolute Gasteiger partial charge is 0.207 e. The summed E-state index contributed by atoms with van der Waals surface area (Å²) in [6.07, 6.45) is -2.20. The van der Waals surface area contributed by atoms with Gasteiger partial charge in [-0.3, -0.25) is 0 Å². The van der Waals surface area contributed by atoms with E-state index in [1.54, 1.807) is 66.7 Å². The lowest BCUT2D eigenvalue weighted by molar-refractivity contribution is 0.559. The molecule has 0 aromatic heterocycles. The van der Waals surface area contributed by atoms with Gasteiger partial charge in [0.25, 0.3) is 0 Å². The van der Waals surface area contributed by atoms with Crippen molar-refractivity contribution in [3.63, 3.8) is 0 Å². The molecule has 0 aliphatic heterocycles. The zero-order chi connectivity index (χ0) is 22.6. The summed E-state index contributed by atoms with van der Waals surface area (Å²) in [5.74, 6) is 0. The van der Waals surface area contributed by atoms with Crippen LogP contribution in [0.2, 0.25) is 0 Å². The highest BCUT2D eigenvalue weighted by Crippen LogP contribution is 2.29. The van der Waals surface area contributed by atoms with E-state index in [-0.39, 0.29) is 16.5 Å². The van der Waals surface area contributed by atoms with Gasteiger partial charge in [-0.15, -0.1) is 0 Å². The molecule has 0 saturated carbocycles. The SMILES string of the molecule is [2H]/C(C)=C(\c1ccccc1)C([2H])([2H])C(NS(=O)(=O)c1ccc(C)cc1)c1ccccc1. The molecular formula is C24H25NO2S. The molecule has 0 amide bonds. The standard InChI is InChI=1S/C24H25NO2S/c1-3-20(21-10-6-4-7-11-21)18-24(22-12-8-5-9-13-22)25-28(26,27)23-16-14-19(2)15-17-23/h3-17,24-25H,18H2,1-2H3/b20-3+/i3D,18D2. The first-order valence-corrected chi connectivity index (χ1v) is 10.5. The molecule has 0 radical (unpaired) electrons. The van der Waals surface area contributed by atoms with Crippen LogP contribution in [0.15, 0.2) is 95.9 Å². The Morgan fingerprint density at radius 2 is 1.57 bits per heavy atom. The van der Waals surface area contributed by atoms with Gasteiger partial charge in [0, 0.05) is 2.74 Å². The Morgan fingerprint density at radius 3 is 2.14 bits per heavy atom. The molecule has 0 spiro atoms. The van der Waals surface area contributed by atoms with Crippen LogP contribution in [0.25, 0.3) is 5.57 Å². The fourth-order valence-electron chi connectivity index (χ4n) is 2.82. The Hall–Kier alpha value is -2.69. The van der Waals surface area contributed by atoms with Gasteiger partial charge in [-0.1, -0.05) is 84.4 Å². The Bertz CT molecular complexity index is 1160. The van der Waals surface area contributed by atoms with E-state index in [1.807, 2.05) is 13.0 Å². The normalized spacial score (nSPS) is 15.7. The monoisotopic (exact) mass is 394 g/mol. The second-order valence-electron chi connectivity index (χ2n) is 6.41. The summed E-state index contributed by atoms with van der Waals surface area (Å²) in [6.45, 7) is 3.37. The number of rotatable bonds is 7. The molecule has 4 heteroatoms. The highest BCUT2D eigenvalue weighted by Gasteiger charge is 2.22. The van der Waals surface area contributed by atoms with Crippen LogP contribution in [-0.2, 0) is 10.0 Å². The van der Waals surface area contributed by atoms with Crippen molar-refractivity contribution in [2.24, 2.45) is 0 Å². The third kappa shape index (κ3) is 4.97. The number of aryl methyl sites for hydroxylation is 1. The van der Waals surface area contributed by atoms with Gasteiger partial charge >= 0.3 is 0 Å². The highest BCUT2D eigenvalue weighted by molar-refractivity contribution is 7.89. The molecule has 0 fully saturated rings. The lowest BCUT2D eigenvalue weighted by Gasteiger charge is -2.21. The minimum absolute atomic E-state index is 0.0339. The van der Waals surface area contributed by atoms with Crippen LogP contribution in [0.5, 0.6) is 0 Å². The molecule has 3 rings (SSSR count). The fraction of sp³-hybridized carbons (Fsp3) is 0.167. The van der Waals surface area contributed by atoms with E-state index in [9.17, 15) is 8.42 Å². The Kier molecular flexibility index (Phi) is 5.23. The molecule has 28 heavy (non-hydrogen) atoms. The van der Waals surface area contributed by atoms with Crippen molar-refractivity contribution < 1.29 is 12.5 Å². The molecule has 3 nitrogen and oxygen atoms in total. The highest BCUT2D eigenvalue weighted by atomic mass is 32.2. The zero-order valence-corrected chi connectivity index (χ0v) is 16.7. The summed E-state index contributed by atoms with van der Waals surface area (Å²) in [6, 6.07) is 22.6. The number of nitrogens with one attached hydrogen (secondary N) is 1. The van der Waals surface area contributed by atoms with Crippen LogP contribution in [0.3, 0.4) is 0 Å². The van der Waals surface area contributed by atoms with Crippen LogP contribution in [0, 0.1) is 6.92 Å². The third-order valence-electron chi connectivity index (χ3n) is 4.34. The van der Waals surface area contributed by atoms with Gasteiger partial charge in [-0.05, 0) is 49.1 Å². The lowest BCUT2D eigenvalue weighted by Crippen LogP contribution is -2.29. The van der Waals surface area contributed by atoms with Gasteiger partial charge in [0.1, 0.15) is 0 Å². The Morgan fingerprint density at radius 1 is 1.00 bits per heavy atom. The summed E-state index contributed by atoms with van der Waals surface area (Å²) in [7, 11) is -4.02. The molecule has 0 heterocycles. The first-order chi connectivity index (χ1) is 14.6. The predicted molar refractivity (Wildman–Crippen MR) is 115 cm³/mol. The van der Waals surface area contributed by atoms with Crippen molar-refractivity contribution in [1.82, 2.24) is 4.72 Å². The second kappa shape index (κ2) is 9.00. The minimum Gasteiger partial charge on any atom is -0.207 e. The van der Waals surface area contributed by atoms with Crippen molar-refractivity contribution in [1.29, 1.82) is 0 Å². The van der Waals surface area contributed by atoms with E-state index in [4.69, 9.17) is 4.11 Å². The second-order valence-corrected chi connectivity index (χ2v) is 8.13. The van der Waals surface area contributed by atoms with Crippen molar-refractivity contribution >= 4 is 15.6 Å². The molecule has 0 bridgehead atoms. The van der Waals surface area contributed by atoms with Crippen molar-refractivity contribution in [3.05, 3.63) is 108 Å². The van der Waals surface area contributed by atoms with Crippen LogP contribution in [0.1, 0.15) is 40.1 Å². The summed E-state index contributed by atoms with van der Waals surface area (Å²) < 4.78 is 55.1.